The molecule has 0 bridgehead atoms. The fraction of sp³-hybridized carbons (Fsp3) is 0.240. The van der Waals surface area contributed by atoms with Gasteiger partial charge in [-0.25, -0.2) is 8.42 Å². The fourth-order valence-corrected chi connectivity index (χ4v) is 4.50. The average Bonchev–Trinajstić information content (AvgIpc) is 2.83. The van der Waals surface area contributed by atoms with Crippen molar-refractivity contribution in [2.45, 2.75) is 24.8 Å². The van der Waals surface area contributed by atoms with E-state index < -0.39 is 22.0 Å². The Balaban J connectivity index is 1.84. The van der Waals surface area contributed by atoms with E-state index in [0.717, 1.165) is 5.56 Å². The third-order valence-corrected chi connectivity index (χ3v) is 6.74. The molecule has 1 unspecified atom stereocenters. The fourth-order valence-electron chi connectivity index (χ4n) is 3.42. The Labute approximate surface area is 199 Å². The summed E-state index contributed by atoms with van der Waals surface area (Å²) in [7, 11) is 0.727. The van der Waals surface area contributed by atoms with E-state index in [0.29, 0.717) is 28.5 Å². The van der Waals surface area contributed by atoms with Crippen molar-refractivity contribution in [1.82, 2.24) is 5.32 Å². The molecule has 3 rings (SSSR count). The first-order valence-corrected chi connectivity index (χ1v) is 12.0. The van der Waals surface area contributed by atoms with Gasteiger partial charge in [-0.1, -0.05) is 6.07 Å². The lowest BCUT2D eigenvalue weighted by molar-refractivity contribution is 0.0938. The molecule has 0 aliphatic carbocycles. The predicted octanol–water partition coefficient (Wildman–Crippen LogP) is 4.31. The lowest BCUT2D eigenvalue weighted by Gasteiger charge is -2.19. The van der Waals surface area contributed by atoms with E-state index in [1.165, 1.54) is 19.2 Å². The van der Waals surface area contributed by atoms with Crippen LogP contribution in [0.15, 0.2) is 65.6 Å². The van der Waals surface area contributed by atoms with E-state index in [9.17, 15) is 13.2 Å². The summed E-state index contributed by atoms with van der Waals surface area (Å²) in [5.41, 5.74) is 2.01. The summed E-state index contributed by atoms with van der Waals surface area (Å²) < 4.78 is 44.2. The quantitative estimate of drug-likeness (QED) is 0.469. The number of rotatable bonds is 9. The van der Waals surface area contributed by atoms with E-state index in [-0.39, 0.29) is 10.5 Å². The number of sulfonamides is 1. The second-order valence-electron chi connectivity index (χ2n) is 7.61. The summed E-state index contributed by atoms with van der Waals surface area (Å²) in [6.45, 7) is 3.56. The first kappa shape index (κ1) is 24.9. The molecule has 0 aliphatic rings. The average molecular weight is 485 g/mol. The highest BCUT2D eigenvalue weighted by molar-refractivity contribution is 7.92. The Morgan fingerprint density at radius 2 is 1.50 bits per heavy atom. The zero-order chi connectivity index (χ0) is 24.9. The Morgan fingerprint density at radius 1 is 0.853 bits per heavy atom. The van der Waals surface area contributed by atoms with Crippen LogP contribution in [-0.2, 0) is 10.0 Å². The van der Waals surface area contributed by atoms with Crippen LogP contribution < -0.4 is 24.2 Å². The van der Waals surface area contributed by atoms with E-state index >= 15 is 0 Å². The Hall–Kier alpha value is -3.72. The van der Waals surface area contributed by atoms with Gasteiger partial charge < -0.3 is 19.5 Å². The van der Waals surface area contributed by atoms with Crippen LogP contribution in [0.3, 0.4) is 0 Å². The maximum absolute atomic E-state index is 13.1. The maximum Gasteiger partial charge on any atom is 0.261 e. The lowest BCUT2D eigenvalue weighted by Crippen LogP contribution is -2.28. The molecule has 0 heterocycles. The van der Waals surface area contributed by atoms with Gasteiger partial charge in [0.05, 0.1) is 32.3 Å². The van der Waals surface area contributed by atoms with E-state index in [4.69, 9.17) is 14.2 Å². The van der Waals surface area contributed by atoms with E-state index in [1.54, 1.807) is 69.7 Å². The Bertz CT molecular complexity index is 1270. The number of hydrogen-bond acceptors (Lipinski definition) is 6. The van der Waals surface area contributed by atoms with Gasteiger partial charge in [0, 0.05) is 16.8 Å². The highest BCUT2D eigenvalue weighted by atomic mass is 32.2. The van der Waals surface area contributed by atoms with Crippen LogP contribution in [0, 0.1) is 6.92 Å². The van der Waals surface area contributed by atoms with Gasteiger partial charge in [-0.3, -0.25) is 9.52 Å². The number of nitrogens with one attached hydrogen (secondary N) is 2. The summed E-state index contributed by atoms with van der Waals surface area (Å²) >= 11 is 0. The number of carbonyl (C=O) groups is 1. The maximum atomic E-state index is 13.1. The van der Waals surface area contributed by atoms with Crippen molar-refractivity contribution in [3.63, 3.8) is 0 Å². The molecule has 3 aromatic rings. The molecule has 0 saturated carbocycles. The van der Waals surface area contributed by atoms with Gasteiger partial charge in [-0.15, -0.1) is 0 Å². The van der Waals surface area contributed by atoms with Crippen molar-refractivity contribution in [1.29, 1.82) is 0 Å². The summed E-state index contributed by atoms with van der Waals surface area (Å²) in [5.74, 6) is 1.44. The van der Waals surface area contributed by atoms with E-state index in [1.807, 2.05) is 6.92 Å². The van der Waals surface area contributed by atoms with Gasteiger partial charge in [0.1, 0.15) is 17.2 Å². The van der Waals surface area contributed by atoms with Crippen LogP contribution in [0.1, 0.15) is 34.5 Å². The number of hydrogen-bond donors (Lipinski definition) is 2. The number of methoxy groups -OCH3 is 3. The molecule has 1 atom stereocenters. The molecule has 180 valence electrons. The molecule has 0 spiro atoms. The van der Waals surface area contributed by atoms with Crippen LogP contribution in [0.5, 0.6) is 17.2 Å². The van der Waals surface area contributed by atoms with Gasteiger partial charge in [0.2, 0.25) is 0 Å². The first-order chi connectivity index (χ1) is 16.2. The number of aryl methyl sites for hydroxylation is 1. The minimum absolute atomic E-state index is 0.0225. The highest BCUT2D eigenvalue weighted by Crippen LogP contribution is 2.30. The van der Waals surface area contributed by atoms with Gasteiger partial charge in [0.25, 0.3) is 15.9 Å². The van der Waals surface area contributed by atoms with Crippen LogP contribution >= 0.6 is 0 Å². The highest BCUT2D eigenvalue weighted by Gasteiger charge is 2.21. The molecule has 0 fully saturated rings. The molecule has 9 heteroatoms. The van der Waals surface area contributed by atoms with Crippen molar-refractivity contribution >= 4 is 21.6 Å². The van der Waals surface area contributed by atoms with Crippen molar-refractivity contribution in [2.24, 2.45) is 0 Å². The Morgan fingerprint density at radius 3 is 2.12 bits per heavy atom. The summed E-state index contributed by atoms with van der Waals surface area (Å²) in [5, 5.41) is 2.92. The standard InChI is InChI=1S/C25H28N2O6S/c1-16-6-12-21(34(29,30)27-18-7-9-19(31-3)10-8-18)15-22(16)25(28)26-17(2)23-14-20(32-4)11-13-24(23)33-5/h6-15,17,27H,1-5H3,(H,26,28). The molecule has 0 aromatic heterocycles. The molecule has 8 nitrogen and oxygen atoms in total. The van der Waals surface area contributed by atoms with Crippen molar-refractivity contribution in [3.8, 4) is 17.2 Å². The zero-order valence-corrected chi connectivity index (χ0v) is 20.5. The molecule has 34 heavy (non-hydrogen) atoms. The van der Waals surface area contributed by atoms with Crippen LogP contribution in [0.25, 0.3) is 0 Å². The number of ether oxygens (including phenoxy) is 3. The molecular weight excluding hydrogens is 456 g/mol. The minimum Gasteiger partial charge on any atom is -0.497 e. The monoisotopic (exact) mass is 484 g/mol. The molecule has 1 amide bonds. The van der Waals surface area contributed by atoms with Crippen molar-refractivity contribution in [2.75, 3.05) is 26.1 Å². The third kappa shape index (κ3) is 5.60. The van der Waals surface area contributed by atoms with Gasteiger partial charge >= 0.3 is 0 Å². The molecule has 0 aliphatic heterocycles. The molecule has 0 saturated heterocycles. The molecule has 0 radical (unpaired) electrons. The normalized spacial score (nSPS) is 11.9. The SMILES string of the molecule is COc1ccc(NS(=O)(=O)c2ccc(C)c(C(=O)NC(C)c3cc(OC)ccc3OC)c2)cc1. The molecule has 3 aromatic carbocycles. The topological polar surface area (TPSA) is 103 Å². The number of amides is 1. The molecular formula is C25H28N2O6S. The minimum atomic E-state index is -3.91. The summed E-state index contributed by atoms with van der Waals surface area (Å²) in [6.07, 6.45) is 0. The molecule has 2 N–H and O–H groups in total. The number of benzene rings is 3. The van der Waals surface area contributed by atoms with Gasteiger partial charge in [-0.2, -0.15) is 0 Å². The number of anilines is 1. The van der Waals surface area contributed by atoms with Gasteiger partial charge in [-0.05, 0) is 74.0 Å². The zero-order valence-electron chi connectivity index (χ0n) is 19.7. The van der Waals surface area contributed by atoms with Gasteiger partial charge in [0.15, 0.2) is 0 Å². The smallest absolute Gasteiger partial charge is 0.261 e. The number of carbonyl (C=O) groups excluding carboxylic acids is 1. The summed E-state index contributed by atoms with van der Waals surface area (Å²) in [6, 6.07) is 15.8. The van der Waals surface area contributed by atoms with Crippen LogP contribution in [-0.4, -0.2) is 35.7 Å². The third-order valence-electron chi connectivity index (χ3n) is 5.36. The van der Waals surface area contributed by atoms with Crippen molar-refractivity contribution in [3.05, 3.63) is 77.4 Å². The largest absolute Gasteiger partial charge is 0.497 e. The van der Waals surface area contributed by atoms with Crippen LogP contribution in [0.4, 0.5) is 5.69 Å². The predicted molar refractivity (Wildman–Crippen MR) is 130 cm³/mol. The lowest BCUT2D eigenvalue weighted by atomic mass is 10.0. The van der Waals surface area contributed by atoms with Crippen molar-refractivity contribution < 1.29 is 27.4 Å². The first-order valence-electron chi connectivity index (χ1n) is 10.5. The van der Waals surface area contributed by atoms with Crippen LogP contribution in [0.2, 0.25) is 0 Å². The second-order valence-corrected chi connectivity index (χ2v) is 9.30. The van der Waals surface area contributed by atoms with E-state index in [2.05, 4.69) is 10.0 Å². The Kier molecular flexibility index (Phi) is 7.68. The summed E-state index contributed by atoms with van der Waals surface area (Å²) in [4.78, 5) is 13.1. The second kappa shape index (κ2) is 10.5.